The Balaban J connectivity index is 1.38. The van der Waals surface area contributed by atoms with Gasteiger partial charge in [-0.05, 0) is 30.5 Å². The van der Waals surface area contributed by atoms with E-state index in [2.05, 4.69) is 10.1 Å². The molecule has 1 amide bonds. The van der Waals surface area contributed by atoms with Gasteiger partial charge in [-0.15, -0.1) is 0 Å². The molecule has 1 aliphatic heterocycles. The summed E-state index contributed by atoms with van der Waals surface area (Å²) in [5, 5.41) is 4.02. The fourth-order valence-corrected chi connectivity index (χ4v) is 3.66. The van der Waals surface area contributed by atoms with Crippen LogP contribution in [-0.2, 0) is 11.2 Å². The fraction of sp³-hybridized carbons (Fsp3) is 0.318. The molecule has 28 heavy (non-hydrogen) atoms. The van der Waals surface area contributed by atoms with E-state index in [0.717, 1.165) is 36.3 Å². The molecule has 0 spiro atoms. The first-order chi connectivity index (χ1) is 13.7. The van der Waals surface area contributed by atoms with Crippen LogP contribution >= 0.6 is 0 Å². The number of methoxy groups -OCH3 is 1. The smallest absolute Gasteiger partial charge is 0.227 e. The molecule has 0 aliphatic carbocycles. The van der Waals surface area contributed by atoms with Crippen molar-refractivity contribution in [3.63, 3.8) is 0 Å². The minimum atomic E-state index is 0.123. The van der Waals surface area contributed by atoms with Crippen molar-refractivity contribution < 1.29 is 14.1 Å². The molecule has 0 N–H and O–H groups in total. The molecule has 3 aromatic rings. The molecule has 0 radical (unpaired) electrons. The molecule has 2 aromatic carbocycles. The summed E-state index contributed by atoms with van der Waals surface area (Å²) in [6.45, 7) is 0.786. The Morgan fingerprint density at radius 3 is 2.71 bits per heavy atom. The molecule has 4 rings (SSSR count). The van der Waals surface area contributed by atoms with Crippen LogP contribution < -0.4 is 4.74 Å². The lowest BCUT2D eigenvalue weighted by Gasteiger charge is -2.25. The summed E-state index contributed by atoms with van der Waals surface area (Å²) in [6.07, 6.45) is 2.81. The van der Waals surface area contributed by atoms with Crippen molar-refractivity contribution in [3.8, 4) is 17.1 Å². The highest BCUT2D eigenvalue weighted by molar-refractivity contribution is 5.77. The van der Waals surface area contributed by atoms with Crippen molar-refractivity contribution >= 4 is 5.91 Å². The second-order valence-corrected chi connectivity index (χ2v) is 6.90. The minimum absolute atomic E-state index is 0.123. The van der Waals surface area contributed by atoms with Crippen LogP contribution in [0.4, 0.5) is 0 Å². The predicted octanol–water partition coefficient (Wildman–Crippen LogP) is 4.04. The number of hydrogen-bond donors (Lipinski definition) is 0. The molecule has 0 saturated carbocycles. The van der Waals surface area contributed by atoms with Crippen LogP contribution in [0.3, 0.4) is 0 Å². The predicted molar refractivity (Wildman–Crippen MR) is 105 cm³/mol. The van der Waals surface area contributed by atoms with Gasteiger partial charge >= 0.3 is 0 Å². The van der Waals surface area contributed by atoms with Gasteiger partial charge in [-0.1, -0.05) is 47.6 Å². The average Bonchev–Trinajstić information content (AvgIpc) is 3.43. The number of rotatable bonds is 6. The summed E-state index contributed by atoms with van der Waals surface area (Å²) in [6, 6.07) is 17.8. The number of aromatic nitrogens is 2. The maximum absolute atomic E-state index is 12.8. The number of ether oxygens (including phenoxy) is 1. The molecule has 0 bridgehead atoms. The lowest BCUT2D eigenvalue weighted by molar-refractivity contribution is -0.132. The maximum Gasteiger partial charge on any atom is 0.227 e. The highest BCUT2D eigenvalue weighted by Crippen LogP contribution is 2.33. The van der Waals surface area contributed by atoms with Gasteiger partial charge in [0, 0.05) is 24.9 Å². The number of carbonyl (C=O) groups excluding carboxylic acids is 1. The monoisotopic (exact) mass is 377 g/mol. The quantitative estimate of drug-likeness (QED) is 0.648. The van der Waals surface area contributed by atoms with Gasteiger partial charge < -0.3 is 14.2 Å². The van der Waals surface area contributed by atoms with Gasteiger partial charge in [0.1, 0.15) is 5.75 Å². The number of benzene rings is 2. The lowest BCUT2D eigenvalue weighted by atomic mass is 10.0. The zero-order valence-corrected chi connectivity index (χ0v) is 15.9. The van der Waals surface area contributed by atoms with E-state index in [1.165, 1.54) is 0 Å². The molecule has 1 aromatic heterocycles. The molecular weight excluding hydrogens is 354 g/mol. The van der Waals surface area contributed by atoms with Crippen LogP contribution in [0.25, 0.3) is 11.4 Å². The third-order valence-corrected chi connectivity index (χ3v) is 5.13. The minimum Gasteiger partial charge on any atom is -0.497 e. The fourth-order valence-electron chi connectivity index (χ4n) is 3.66. The number of likely N-dealkylation sites (tertiary alicyclic amines) is 1. The van der Waals surface area contributed by atoms with E-state index in [-0.39, 0.29) is 11.9 Å². The second kappa shape index (κ2) is 8.25. The summed E-state index contributed by atoms with van der Waals surface area (Å²) in [7, 11) is 1.65. The molecule has 6 nitrogen and oxygen atoms in total. The van der Waals surface area contributed by atoms with Crippen LogP contribution in [0.2, 0.25) is 0 Å². The molecule has 6 heteroatoms. The average molecular weight is 377 g/mol. The van der Waals surface area contributed by atoms with E-state index in [4.69, 9.17) is 9.26 Å². The van der Waals surface area contributed by atoms with Crippen molar-refractivity contribution in [3.05, 3.63) is 66.1 Å². The van der Waals surface area contributed by atoms with Crippen molar-refractivity contribution in [2.75, 3.05) is 13.7 Å². The molecule has 1 saturated heterocycles. The van der Waals surface area contributed by atoms with E-state index in [9.17, 15) is 4.79 Å². The first kappa shape index (κ1) is 18.2. The molecule has 0 unspecified atom stereocenters. The summed E-state index contributed by atoms with van der Waals surface area (Å²) in [5.74, 6) is 2.00. The highest BCUT2D eigenvalue weighted by atomic mass is 16.5. The second-order valence-electron chi connectivity index (χ2n) is 6.90. The number of nitrogens with zero attached hydrogens (tertiary/aromatic N) is 3. The molecule has 144 valence electrons. The van der Waals surface area contributed by atoms with Crippen LogP contribution in [-0.4, -0.2) is 34.6 Å². The number of hydrogen-bond acceptors (Lipinski definition) is 5. The molecule has 2 heterocycles. The van der Waals surface area contributed by atoms with Crippen molar-refractivity contribution in [2.24, 2.45) is 0 Å². The zero-order chi connectivity index (χ0) is 19.3. The van der Waals surface area contributed by atoms with E-state index in [0.29, 0.717) is 24.6 Å². The van der Waals surface area contributed by atoms with E-state index < -0.39 is 0 Å². The van der Waals surface area contributed by atoms with E-state index >= 15 is 0 Å². The van der Waals surface area contributed by atoms with E-state index in [1.807, 2.05) is 59.5 Å². The van der Waals surface area contributed by atoms with Gasteiger partial charge in [0.15, 0.2) is 0 Å². The third kappa shape index (κ3) is 3.91. The Labute approximate surface area is 164 Å². The first-order valence-corrected chi connectivity index (χ1v) is 9.56. The van der Waals surface area contributed by atoms with Gasteiger partial charge in [0.2, 0.25) is 17.6 Å². The van der Waals surface area contributed by atoms with Crippen molar-refractivity contribution in [1.29, 1.82) is 0 Å². The molecular formula is C22H23N3O3. The standard InChI is InChI=1S/C22H23N3O3/c1-27-18-11-9-16(10-12-18)19-8-5-15-25(19)21(26)14-13-20-23-22(24-28-20)17-6-3-2-4-7-17/h2-4,6-7,9-12,19H,5,8,13-15H2,1H3/t19-/m0/s1. The number of aryl methyl sites for hydroxylation is 1. The number of amides is 1. The lowest BCUT2D eigenvalue weighted by Crippen LogP contribution is -2.30. The Morgan fingerprint density at radius 1 is 1.18 bits per heavy atom. The summed E-state index contributed by atoms with van der Waals surface area (Å²) >= 11 is 0. The summed E-state index contributed by atoms with van der Waals surface area (Å²) in [4.78, 5) is 19.2. The SMILES string of the molecule is COc1ccc([C@@H]2CCCN2C(=O)CCc2nc(-c3ccccc3)no2)cc1. The Hall–Kier alpha value is -3.15. The van der Waals surface area contributed by atoms with Gasteiger partial charge in [0.25, 0.3) is 0 Å². The Morgan fingerprint density at radius 2 is 1.96 bits per heavy atom. The van der Waals surface area contributed by atoms with Gasteiger partial charge in [-0.2, -0.15) is 4.98 Å². The molecule has 1 fully saturated rings. The Kier molecular flexibility index (Phi) is 5.37. The van der Waals surface area contributed by atoms with Crippen molar-refractivity contribution in [2.45, 2.75) is 31.7 Å². The Bertz CT molecular complexity index is 922. The van der Waals surface area contributed by atoms with E-state index in [1.54, 1.807) is 7.11 Å². The topological polar surface area (TPSA) is 68.5 Å². The van der Waals surface area contributed by atoms with Gasteiger partial charge in [-0.3, -0.25) is 4.79 Å². The third-order valence-electron chi connectivity index (χ3n) is 5.13. The van der Waals surface area contributed by atoms with Gasteiger partial charge in [0.05, 0.1) is 13.2 Å². The van der Waals surface area contributed by atoms with Crippen LogP contribution in [0.1, 0.15) is 36.8 Å². The van der Waals surface area contributed by atoms with Crippen molar-refractivity contribution in [1.82, 2.24) is 15.0 Å². The summed E-state index contributed by atoms with van der Waals surface area (Å²) in [5.41, 5.74) is 2.05. The van der Waals surface area contributed by atoms with Gasteiger partial charge in [-0.25, -0.2) is 0 Å². The van der Waals surface area contributed by atoms with Crippen LogP contribution in [0.15, 0.2) is 59.1 Å². The van der Waals surface area contributed by atoms with Crippen LogP contribution in [0.5, 0.6) is 5.75 Å². The number of carbonyl (C=O) groups is 1. The molecule has 1 atom stereocenters. The first-order valence-electron chi connectivity index (χ1n) is 9.56. The maximum atomic E-state index is 12.8. The largest absolute Gasteiger partial charge is 0.497 e. The normalized spacial score (nSPS) is 16.3. The highest BCUT2D eigenvalue weighted by Gasteiger charge is 2.29. The molecule has 1 aliphatic rings. The summed E-state index contributed by atoms with van der Waals surface area (Å²) < 4.78 is 10.5. The van der Waals surface area contributed by atoms with Crippen LogP contribution in [0, 0.1) is 0 Å². The zero-order valence-electron chi connectivity index (χ0n) is 15.9.